The van der Waals surface area contributed by atoms with Crippen LogP contribution in [0.25, 0.3) is 43.1 Å². The van der Waals surface area contributed by atoms with Crippen LogP contribution in [0.2, 0.25) is 0 Å². The van der Waals surface area contributed by atoms with Crippen molar-refractivity contribution in [2.45, 2.75) is 52.3 Å². The lowest BCUT2D eigenvalue weighted by Crippen LogP contribution is -1.94. The van der Waals surface area contributed by atoms with Crippen molar-refractivity contribution in [3.05, 3.63) is 190 Å². The van der Waals surface area contributed by atoms with Crippen molar-refractivity contribution in [2.24, 2.45) is 0 Å². The molecule has 0 atom stereocenters. The first kappa shape index (κ1) is 36.0. The number of hydrogen-bond donors (Lipinski definition) is 0. The van der Waals surface area contributed by atoms with Crippen molar-refractivity contribution in [1.82, 2.24) is 0 Å². The van der Waals surface area contributed by atoms with E-state index in [2.05, 4.69) is 187 Å². The fourth-order valence-electron chi connectivity index (χ4n) is 7.56. The summed E-state index contributed by atoms with van der Waals surface area (Å²) in [7, 11) is -0.153. The van der Waals surface area contributed by atoms with Gasteiger partial charge in [0.05, 0.1) is 0 Å². The lowest BCUT2D eigenvalue weighted by Gasteiger charge is -2.17. The average molecular weight is 713 g/mol. The molecule has 0 saturated heterocycles. The lowest BCUT2D eigenvalue weighted by atomic mass is 10.0. The van der Waals surface area contributed by atoms with Crippen molar-refractivity contribution in [3.63, 3.8) is 0 Å². The number of rotatable bonds is 8. The van der Waals surface area contributed by atoms with Gasteiger partial charge in [0, 0.05) is 0 Å². The van der Waals surface area contributed by atoms with Gasteiger partial charge >= 0.3 is 0 Å². The standard InChI is InChI=1S/2C25H25P/c2*1-18-12-20-8-4-6-10-22(20)14-24(18)16-26(3)17-25-15-23-11-7-5-9-21(23)13-19(25)2/h2*4-15H,16-17H2,1-3H3. The van der Waals surface area contributed by atoms with E-state index in [1.165, 1.54) is 112 Å². The van der Waals surface area contributed by atoms with Gasteiger partial charge in [-0.1, -0.05) is 146 Å². The summed E-state index contributed by atoms with van der Waals surface area (Å²) >= 11 is 0. The molecule has 0 bridgehead atoms. The second-order valence-electron chi connectivity index (χ2n) is 14.8. The Morgan fingerprint density at radius 1 is 0.288 bits per heavy atom. The molecule has 52 heavy (non-hydrogen) atoms. The highest BCUT2D eigenvalue weighted by Gasteiger charge is 2.12. The normalized spacial score (nSPS) is 11.5. The Labute approximate surface area is 313 Å². The molecule has 2 heteroatoms. The molecular weight excluding hydrogens is 662 g/mol. The molecule has 0 nitrogen and oxygen atoms in total. The van der Waals surface area contributed by atoms with E-state index in [4.69, 9.17) is 0 Å². The molecule has 0 N–H and O–H groups in total. The van der Waals surface area contributed by atoms with Crippen molar-refractivity contribution in [2.75, 3.05) is 13.3 Å². The summed E-state index contributed by atoms with van der Waals surface area (Å²) in [6.07, 6.45) is 4.77. The van der Waals surface area contributed by atoms with Crippen molar-refractivity contribution in [3.8, 4) is 0 Å². The summed E-state index contributed by atoms with van der Waals surface area (Å²) in [5, 5.41) is 10.8. The van der Waals surface area contributed by atoms with Gasteiger partial charge in [-0.05, 0) is 153 Å². The highest BCUT2D eigenvalue weighted by Crippen LogP contribution is 2.43. The molecule has 0 unspecified atom stereocenters. The summed E-state index contributed by atoms with van der Waals surface area (Å²) in [6, 6.07) is 53.7. The third kappa shape index (κ3) is 8.48. The Balaban J connectivity index is 0.000000162. The van der Waals surface area contributed by atoms with Crippen molar-refractivity contribution >= 4 is 58.9 Å². The first-order chi connectivity index (χ1) is 25.2. The molecule has 0 aliphatic heterocycles. The second kappa shape index (κ2) is 16.1. The molecule has 0 aromatic heterocycles. The van der Waals surface area contributed by atoms with Gasteiger partial charge in [0.15, 0.2) is 0 Å². The Morgan fingerprint density at radius 3 is 0.654 bits per heavy atom. The smallest absolute Gasteiger partial charge is 0.00697 e. The molecule has 0 aliphatic carbocycles. The molecule has 0 fully saturated rings. The van der Waals surface area contributed by atoms with E-state index in [1.807, 2.05) is 0 Å². The van der Waals surface area contributed by atoms with Crippen LogP contribution in [-0.4, -0.2) is 13.3 Å². The van der Waals surface area contributed by atoms with Crippen LogP contribution in [0.1, 0.15) is 44.5 Å². The van der Waals surface area contributed by atoms with E-state index in [0.717, 1.165) is 0 Å². The Hall–Kier alpha value is -4.34. The maximum absolute atomic E-state index is 2.44. The fourth-order valence-corrected chi connectivity index (χ4v) is 11.5. The monoisotopic (exact) mass is 712 g/mol. The van der Waals surface area contributed by atoms with Gasteiger partial charge in [0.25, 0.3) is 0 Å². The molecule has 8 aromatic rings. The van der Waals surface area contributed by atoms with E-state index in [9.17, 15) is 0 Å². The Morgan fingerprint density at radius 2 is 0.462 bits per heavy atom. The predicted octanol–water partition coefficient (Wildman–Crippen LogP) is 14.8. The first-order valence-electron chi connectivity index (χ1n) is 18.5. The highest BCUT2D eigenvalue weighted by atomic mass is 31.1. The van der Waals surface area contributed by atoms with Gasteiger partial charge in [0.1, 0.15) is 0 Å². The molecule has 0 spiro atoms. The van der Waals surface area contributed by atoms with Crippen LogP contribution >= 0.6 is 15.8 Å². The van der Waals surface area contributed by atoms with Crippen LogP contribution in [0.15, 0.2) is 146 Å². The van der Waals surface area contributed by atoms with E-state index in [-0.39, 0.29) is 15.8 Å². The van der Waals surface area contributed by atoms with Crippen LogP contribution in [0.3, 0.4) is 0 Å². The van der Waals surface area contributed by atoms with E-state index in [1.54, 1.807) is 0 Å². The van der Waals surface area contributed by atoms with E-state index >= 15 is 0 Å². The summed E-state index contributed by atoms with van der Waals surface area (Å²) < 4.78 is 0. The zero-order chi connectivity index (χ0) is 36.2. The van der Waals surface area contributed by atoms with Crippen LogP contribution < -0.4 is 0 Å². The summed E-state index contributed by atoms with van der Waals surface area (Å²) in [5.74, 6) is 0. The van der Waals surface area contributed by atoms with Crippen LogP contribution in [0.4, 0.5) is 0 Å². The third-order valence-electron chi connectivity index (χ3n) is 10.6. The lowest BCUT2D eigenvalue weighted by molar-refractivity contribution is 1.26. The zero-order valence-electron chi connectivity index (χ0n) is 31.6. The van der Waals surface area contributed by atoms with Crippen molar-refractivity contribution in [1.29, 1.82) is 0 Å². The largest absolute Gasteiger partial charge is 0.101 e. The van der Waals surface area contributed by atoms with Crippen LogP contribution in [-0.2, 0) is 24.6 Å². The van der Waals surface area contributed by atoms with Gasteiger partial charge in [-0.3, -0.25) is 0 Å². The van der Waals surface area contributed by atoms with E-state index in [0.29, 0.717) is 0 Å². The first-order valence-corrected chi connectivity index (χ1v) is 22.8. The minimum atomic E-state index is -0.0763. The van der Waals surface area contributed by atoms with Crippen molar-refractivity contribution < 1.29 is 0 Å². The van der Waals surface area contributed by atoms with E-state index < -0.39 is 0 Å². The maximum atomic E-state index is 2.44. The summed E-state index contributed by atoms with van der Waals surface area (Å²) in [5.41, 5.74) is 11.7. The quantitative estimate of drug-likeness (QED) is 0.138. The Kier molecular flexibility index (Phi) is 11.2. The topological polar surface area (TPSA) is 0 Å². The van der Waals surface area contributed by atoms with Gasteiger partial charge in [0.2, 0.25) is 0 Å². The van der Waals surface area contributed by atoms with Gasteiger partial charge in [-0.2, -0.15) is 0 Å². The molecule has 0 amide bonds. The molecule has 0 saturated carbocycles. The number of fused-ring (bicyclic) bond motifs is 4. The predicted molar refractivity (Wildman–Crippen MR) is 235 cm³/mol. The number of aryl methyl sites for hydroxylation is 4. The highest BCUT2D eigenvalue weighted by molar-refractivity contribution is 7.55. The summed E-state index contributed by atoms with van der Waals surface area (Å²) in [4.78, 5) is 0. The van der Waals surface area contributed by atoms with Crippen LogP contribution in [0, 0.1) is 27.7 Å². The maximum Gasteiger partial charge on any atom is -0.00697 e. The molecular formula is C50H50P2. The number of hydrogen-bond acceptors (Lipinski definition) is 0. The molecule has 0 aliphatic rings. The molecule has 8 aromatic carbocycles. The van der Waals surface area contributed by atoms with Gasteiger partial charge in [-0.25, -0.2) is 0 Å². The third-order valence-corrected chi connectivity index (χ3v) is 14.1. The SMILES string of the molecule is Cc1cc2ccccc2cc1CP(C)Cc1cc2ccccc2cc1C.Cc1cc2ccccc2cc1CP(C)Cc1cc2ccccc2cc1C. The summed E-state index contributed by atoms with van der Waals surface area (Å²) in [6.45, 7) is 13.9. The Bertz CT molecular complexity index is 2160. The van der Waals surface area contributed by atoms with Gasteiger partial charge < -0.3 is 0 Å². The molecule has 8 rings (SSSR count). The minimum absolute atomic E-state index is 0.0763. The molecule has 0 heterocycles. The second-order valence-corrected chi connectivity index (χ2v) is 19.5. The minimum Gasteiger partial charge on any atom is -0.101 e. The van der Waals surface area contributed by atoms with Gasteiger partial charge in [-0.15, -0.1) is 15.8 Å². The number of benzene rings is 8. The van der Waals surface area contributed by atoms with Crippen LogP contribution in [0.5, 0.6) is 0 Å². The average Bonchev–Trinajstić information content (AvgIpc) is 3.13. The molecule has 260 valence electrons. The zero-order valence-corrected chi connectivity index (χ0v) is 33.4. The molecule has 0 radical (unpaired) electrons. The fraction of sp³-hybridized carbons (Fsp3) is 0.200.